The summed E-state index contributed by atoms with van der Waals surface area (Å²) in [4.78, 5) is 10.0. The van der Waals surface area contributed by atoms with Gasteiger partial charge in [-0.25, -0.2) is 23.5 Å². The highest BCUT2D eigenvalue weighted by atomic mass is 32.2. The second kappa shape index (κ2) is 7.60. The van der Waals surface area contributed by atoms with Gasteiger partial charge in [0.25, 0.3) is 15.7 Å². The van der Waals surface area contributed by atoms with E-state index in [1.165, 1.54) is 25.2 Å². The fourth-order valence-corrected chi connectivity index (χ4v) is 5.93. The molecule has 1 unspecified atom stereocenters. The number of benzene rings is 1. The lowest BCUT2D eigenvalue weighted by Crippen LogP contribution is -2.29. The summed E-state index contributed by atoms with van der Waals surface area (Å²) in [6, 6.07) is 7.67. The summed E-state index contributed by atoms with van der Waals surface area (Å²) in [5.41, 5.74) is -0.187. The van der Waals surface area contributed by atoms with Gasteiger partial charge in [-0.05, 0) is 23.6 Å². The van der Waals surface area contributed by atoms with Crippen LogP contribution in [0.2, 0.25) is 0 Å². The van der Waals surface area contributed by atoms with E-state index < -0.39 is 28.8 Å². The SMILES string of the molecule is CN(CP(=O)(ON)Oc1ccc([N+](=O)[O-])cc1)S(=O)(=O)c1cccs1. The third-order valence-electron chi connectivity index (χ3n) is 2.98. The summed E-state index contributed by atoms with van der Waals surface area (Å²) < 4.78 is 47.7. The second-order valence-electron chi connectivity index (χ2n) is 4.74. The fourth-order valence-electron chi connectivity index (χ4n) is 1.76. The van der Waals surface area contributed by atoms with Crippen LogP contribution in [0.15, 0.2) is 46.0 Å². The van der Waals surface area contributed by atoms with Crippen molar-refractivity contribution in [3.63, 3.8) is 0 Å². The van der Waals surface area contributed by atoms with E-state index in [1.54, 1.807) is 11.4 Å². The first-order chi connectivity index (χ1) is 11.7. The highest BCUT2D eigenvalue weighted by Gasteiger charge is 2.34. The number of nitrogens with two attached hydrogens (primary N) is 1. The Bertz CT molecular complexity index is 884. The van der Waals surface area contributed by atoms with E-state index in [-0.39, 0.29) is 15.6 Å². The molecule has 1 aromatic heterocycles. The topological polar surface area (TPSA) is 142 Å². The minimum absolute atomic E-state index is 0.0127. The van der Waals surface area contributed by atoms with E-state index in [9.17, 15) is 23.1 Å². The molecule has 0 radical (unpaired) electrons. The molecule has 1 aromatic carbocycles. The summed E-state index contributed by atoms with van der Waals surface area (Å²) >= 11 is 1.00. The molecule has 2 aromatic rings. The van der Waals surface area contributed by atoms with Crippen LogP contribution in [0.3, 0.4) is 0 Å². The number of nitrogens with zero attached hydrogens (tertiary/aromatic N) is 2. The van der Waals surface area contributed by atoms with Gasteiger partial charge in [-0.2, -0.15) is 4.31 Å². The van der Waals surface area contributed by atoms with Gasteiger partial charge in [0, 0.05) is 19.2 Å². The summed E-state index contributed by atoms with van der Waals surface area (Å²) in [7, 11) is -6.72. The molecule has 0 fully saturated rings. The average Bonchev–Trinajstić information content (AvgIpc) is 3.10. The Morgan fingerprint density at radius 3 is 2.44 bits per heavy atom. The van der Waals surface area contributed by atoms with Crippen LogP contribution in [0.1, 0.15) is 0 Å². The Kier molecular flexibility index (Phi) is 5.93. The highest BCUT2D eigenvalue weighted by molar-refractivity contribution is 7.91. The molecule has 0 aliphatic carbocycles. The molecule has 1 heterocycles. The second-order valence-corrected chi connectivity index (χ2v) is 9.85. The largest absolute Gasteiger partial charge is 0.423 e. The normalized spacial score (nSPS) is 14.2. The van der Waals surface area contributed by atoms with Crippen molar-refractivity contribution in [2.24, 2.45) is 5.90 Å². The predicted molar refractivity (Wildman–Crippen MR) is 90.7 cm³/mol. The summed E-state index contributed by atoms with van der Waals surface area (Å²) in [6.45, 7) is 0. The first-order valence-electron chi connectivity index (χ1n) is 6.59. The van der Waals surface area contributed by atoms with Crippen LogP contribution in [-0.2, 0) is 19.2 Å². The molecule has 0 aliphatic rings. The van der Waals surface area contributed by atoms with Gasteiger partial charge in [-0.15, -0.1) is 11.3 Å². The molecular weight excluding hydrogens is 393 g/mol. The fraction of sp³-hybridized carbons (Fsp3) is 0.167. The molecule has 0 saturated heterocycles. The van der Waals surface area contributed by atoms with Gasteiger partial charge in [-0.3, -0.25) is 10.1 Å². The highest BCUT2D eigenvalue weighted by Crippen LogP contribution is 2.47. The van der Waals surface area contributed by atoms with E-state index in [2.05, 4.69) is 4.62 Å². The summed E-state index contributed by atoms with van der Waals surface area (Å²) in [6.07, 6.45) is -0.638. The van der Waals surface area contributed by atoms with Crippen molar-refractivity contribution in [1.29, 1.82) is 0 Å². The van der Waals surface area contributed by atoms with E-state index in [4.69, 9.17) is 10.4 Å². The molecule has 136 valence electrons. The van der Waals surface area contributed by atoms with Gasteiger partial charge in [-0.1, -0.05) is 6.07 Å². The maximum atomic E-state index is 12.6. The number of thiophene rings is 1. The molecule has 0 spiro atoms. The molecule has 13 heteroatoms. The molecule has 10 nitrogen and oxygen atoms in total. The summed E-state index contributed by atoms with van der Waals surface area (Å²) in [5.74, 6) is 5.02. The molecule has 0 amide bonds. The predicted octanol–water partition coefficient (Wildman–Crippen LogP) is 2.40. The van der Waals surface area contributed by atoms with Gasteiger partial charge in [0.15, 0.2) is 0 Å². The van der Waals surface area contributed by atoms with Crippen LogP contribution in [0.4, 0.5) is 5.69 Å². The molecule has 0 saturated carbocycles. The third-order valence-corrected chi connectivity index (χ3v) is 7.93. The monoisotopic (exact) mass is 407 g/mol. The standard InChI is InChI=1S/C12H14N3O7PS2/c1-14(25(19,20)12-3-2-8-24-12)9-23(18,22-13)21-11-6-4-10(5-7-11)15(16)17/h2-8H,9,13H2,1H3. The first kappa shape index (κ1) is 19.5. The lowest BCUT2D eigenvalue weighted by molar-refractivity contribution is -0.384. The Labute approximate surface area is 147 Å². The molecule has 25 heavy (non-hydrogen) atoms. The van der Waals surface area contributed by atoms with E-state index >= 15 is 0 Å². The number of sulfonamides is 1. The van der Waals surface area contributed by atoms with Gasteiger partial charge in [0.2, 0.25) is 0 Å². The Morgan fingerprint density at radius 2 is 1.96 bits per heavy atom. The van der Waals surface area contributed by atoms with Gasteiger partial charge in [0.1, 0.15) is 16.2 Å². The maximum absolute atomic E-state index is 12.6. The van der Waals surface area contributed by atoms with E-state index in [1.807, 2.05) is 0 Å². The average molecular weight is 407 g/mol. The molecule has 1 atom stereocenters. The first-order valence-corrected chi connectivity index (χ1v) is 10.6. The van der Waals surface area contributed by atoms with Crippen LogP contribution in [0.5, 0.6) is 5.75 Å². The third kappa shape index (κ3) is 4.63. The van der Waals surface area contributed by atoms with Gasteiger partial charge in [0.05, 0.1) is 4.92 Å². The van der Waals surface area contributed by atoms with Crippen molar-refractivity contribution in [3.05, 3.63) is 51.9 Å². The quantitative estimate of drug-likeness (QED) is 0.399. The Hall–Kier alpha value is -1.82. The van der Waals surface area contributed by atoms with Gasteiger partial charge >= 0.3 is 7.60 Å². The van der Waals surface area contributed by atoms with E-state index in [0.29, 0.717) is 0 Å². The minimum Gasteiger partial charge on any atom is -0.423 e. The lowest BCUT2D eigenvalue weighted by atomic mass is 10.3. The molecule has 2 N–H and O–H groups in total. The maximum Gasteiger partial charge on any atom is 0.410 e. The van der Waals surface area contributed by atoms with Gasteiger partial charge < -0.3 is 4.52 Å². The Balaban J connectivity index is 2.17. The van der Waals surface area contributed by atoms with Crippen molar-refractivity contribution in [3.8, 4) is 5.75 Å². The van der Waals surface area contributed by atoms with Crippen molar-refractivity contribution < 1.29 is 27.1 Å². The number of nitro groups is 1. The van der Waals surface area contributed by atoms with Crippen LogP contribution >= 0.6 is 18.9 Å². The van der Waals surface area contributed by atoms with E-state index in [0.717, 1.165) is 27.8 Å². The Morgan fingerprint density at radius 1 is 1.32 bits per heavy atom. The number of hydrogen-bond donors (Lipinski definition) is 1. The van der Waals surface area contributed by atoms with Crippen molar-refractivity contribution >= 4 is 34.6 Å². The number of rotatable bonds is 8. The molecule has 0 aliphatic heterocycles. The lowest BCUT2D eigenvalue weighted by Gasteiger charge is -2.22. The number of hydrogen-bond acceptors (Lipinski definition) is 9. The summed E-state index contributed by atoms with van der Waals surface area (Å²) in [5, 5.41) is 12.2. The number of non-ortho nitro benzene ring substituents is 1. The molecular formula is C12H14N3O7PS2. The molecule has 2 rings (SSSR count). The van der Waals surface area contributed by atoms with Crippen LogP contribution in [0, 0.1) is 10.1 Å². The number of nitro benzene ring substituents is 1. The van der Waals surface area contributed by atoms with Crippen molar-refractivity contribution in [2.45, 2.75) is 4.21 Å². The smallest absolute Gasteiger partial charge is 0.410 e. The van der Waals surface area contributed by atoms with Crippen molar-refractivity contribution in [1.82, 2.24) is 4.31 Å². The molecule has 0 bridgehead atoms. The van der Waals surface area contributed by atoms with Crippen LogP contribution in [0.25, 0.3) is 0 Å². The zero-order chi connectivity index (χ0) is 18.7. The van der Waals surface area contributed by atoms with Crippen LogP contribution in [-0.4, -0.2) is 31.0 Å². The van der Waals surface area contributed by atoms with Crippen LogP contribution < -0.4 is 10.4 Å². The minimum atomic E-state index is -4.06. The zero-order valence-corrected chi connectivity index (χ0v) is 15.4. The zero-order valence-electron chi connectivity index (χ0n) is 12.8. The van der Waals surface area contributed by atoms with Crippen molar-refractivity contribution in [2.75, 3.05) is 13.3 Å².